The molecule has 24 aromatic rings. The Kier molecular flexibility index (Phi) is 19.1. The fourth-order valence-electron chi connectivity index (χ4n) is 19.9. The van der Waals surface area contributed by atoms with Crippen molar-refractivity contribution in [1.82, 2.24) is 42.4 Å². The summed E-state index contributed by atoms with van der Waals surface area (Å²) in [5.74, 6) is 3.60. The highest BCUT2D eigenvalue weighted by Crippen LogP contribution is 2.44. The monoisotopic (exact) mass is 1670 g/mol. The molecule has 0 N–H and O–H groups in total. The van der Waals surface area contributed by atoms with Crippen LogP contribution in [0.3, 0.4) is 0 Å². The molecular formula is C120H99N9. The Bertz CT molecular complexity index is 7860. The predicted molar refractivity (Wildman–Crippen MR) is 546 cm³/mol. The summed E-state index contributed by atoms with van der Waals surface area (Å²) in [7, 11) is 0. The first-order chi connectivity index (χ1) is 62.5. The Morgan fingerprint density at radius 1 is 0.132 bits per heavy atom. The summed E-state index contributed by atoms with van der Waals surface area (Å²) in [6.45, 7) is 32.4. The highest BCUT2D eigenvalue weighted by Gasteiger charge is 2.26. The summed E-state index contributed by atoms with van der Waals surface area (Å²) in [4.78, 5) is 16.2. The molecule has 0 aliphatic heterocycles. The van der Waals surface area contributed by atoms with Crippen molar-refractivity contribution in [2.24, 2.45) is 0 Å². The van der Waals surface area contributed by atoms with E-state index in [1.165, 1.54) is 198 Å². The van der Waals surface area contributed by atoms with E-state index in [0.29, 0.717) is 0 Å². The molecule has 15 aromatic carbocycles. The zero-order valence-electron chi connectivity index (χ0n) is 75.7. The second-order valence-electron chi connectivity index (χ2n) is 36.6. The molecule has 0 saturated heterocycles. The van der Waals surface area contributed by atoms with Crippen LogP contribution in [0.1, 0.15) is 83.5 Å². The molecule has 0 fully saturated rings. The third-order valence-electron chi connectivity index (χ3n) is 26.4. The highest BCUT2D eigenvalue weighted by atomic mass is 15.2. The Morgan fingerprint density at radius 3 is 0.496 bits per heavy atom. The summed E-state index contributed by atoms with van der Waals surface area (Å²) in [5, 5.41) is 15.1. The third kappa shape index (κ3) is 13.9. The van der Waals surface area contributed by atoms with Crippen LogP contribution in [0.2, 0.25) is 0 Å². The van der Waals surface area contributed by atoms with Gasteiger partial charge in [0.2, 0.25) is 0 Å². The quantitative estimate of drug-likeness (QED) is 0.145. The fraction of sp³-hybridized carbons (Fsp3) is 0.125. The summed E-state index contributed by atoms with van der Waals surface area (Å²) in [6.07, 6.45) is 0. The molecule has 9 nitrogen and oxygen atoms in total. The van der Waals surface area contributed by atoms with Crippen molar-refractivity contribution in [2.75, 3.05) is 0 Å². The molecule has 0 atom stereocenters. The lowest BCUT2D eigenvalue weighted by molar-refractivity contribution is 0.997. The van der Waals surface area contributed by atoms with Crippen molar-refractivity contribution in [3.63, 3.8) is 0 Å². The van der Waals surface area contributed by atoms with E-state index in [4.69, 9.17) is 15.0 Å². The second kappa shape index (κ2) is 31.0. The maximum absolute atomic E-state index is 5.62. The molecule has 129 heavy (non-hydrogen) atoms. The number of aryl methyl sites for hydroxylation is 15. The first-order valence-electron chi connectivity index (χ1n) is 44.9. The average molecular weight is 1670 g/mol. The van der Waals surface area contributed by atoms with Crippen LogP contribution in [0.15, 0.2) is 328 Å². The molecule has 24 rings (SSSR count). The third-order valence-corrected chi connectivity index (χ3v) is 26.4. The van der Waals surface area contributed by atoms with Crippen molar-refractivity contribution in [2.45, 2.75) is 104 Å². The van der Waals surface area contributed by atoms with Crippen molar-refractivity contribution in [3.05, 3.63) is 411 Å². The van der Waals surface area contributed by atoms with E-state index in [1.54, 1.807) is 0 Å². The Hall–Kier alpha value is -15.5. The maximum Gasteiger partial charge on any atom is 0.142 e. The van der Waals surface area contributed by atoms with Crippen LogP contribution in [-0.2, 0) is 0 Å². The topological polar surface area (TPSA) is 68.2 Å². The van der Waals surface area contributed by atoms with Gasteiger partial charge in [-0.05, 0) is 285 Å². The van der Waals surface area contributed by atoms with Crippen LogP contribution >= 0.6 is 0 Å². The Balaban J connectivity index is 0.000000116. The van der Waals surface area contributed by atoms with Gasteiger partial charge in [0.1, 0.15) is 23.3 Å². The van der Waals surface area contributed by atoms with E-state index >= 15 is 0 Å². The summed E-state index contributed by atoms with van der Waals surface area (Å²) in [6, 6.07) is 121. The van der Waals surface area contributed by atoms with E-state index in [9.17, 15) is 0 Å². The van der Waals surface area contributed by atoms with Crippen LogP contribution in [0.25, 0.3) is 199 Å². The number of pyridine rings is 3. The lowest BCUT2D eigenvalue weighted by Gasteiger charge is -2.16. The number of hydrogen-bond acceptors (Lipinski definition) is 3. The number of benzene rings is 15. The van der Waals surface area contributed by atoms with Gasteiger partial charge in [0.25, 0.3) is 0 Å². The van der Waals surface area contributed by atoms with Crippen LogP contribution < -0.4 is 0 Å². The zero-order chi connectivity index (χ0) is 88.2. The first kappa shape index (κ1) is 79.5. The van der Waals surface area contributed by atoms with Crippen LogP contribution in [0, 0.1) is 104 Å². The minimum atomic E-state index is 0.888. The number of fused-ring (bicyclic) bond motifs is 18. The van der Waals surface area contributed by atoms with Gasteiger partial charge in [-0.25, -0.2) is 15.0 Å². The standard InChI is InChI=1S/C47H38N4.C40H33N3.C33H28N2/c1-27-7-13-40-34(19-27)35-20-28(2)8-14-41(35)49(40)33-25-46(50-42-15-9-29(3)21-36(42)37-22-30(4)10-16-43(37)50)48-47(26-33)51-44-17-11-31(5)23-38(44)39-24-32(6)12-18-45(39)51;1-24-6-12-29(13-7-24)30-22-39(42-35-14-8-25(2)18-31(35)32-19-26(3)9-15-36(32)42)41-40(23-30)43-37-16-10-27(4)20-33(37)34-21-28(5)11-17-38(34)43;1-21-5-11-25(12-6-21)30-19-27(20-31(34-30)26-13-7-22(2)8-14-26)35-32-15-9-23(3)17-28(32)29-18-24(4)10-16-33(29)35/h7-26H,1-6H3;6-23H,1-5H3;5-20H,1-4H3. The predicted octanol–water partition coefficient (Wildman–Crippen LogP) is 31.5. The van der Waals surface area contributed by atoms with Gasteiger partial charge in [-0.1, -0.05) is 229 Å². The largest absolute Gasteiger partial charge is 0.309 e. The van der Waals surface area contributed by atoms with Gasteiger partial charge in [-0.3, -0.25) is 18.3 Å². The first-order valence-corrected chi connectivity index (χ1v) is 44.9. The number of hydrogen-bond donors (Lipinski definition) is 0. The zero-order valence-corrected chi connectivity index (χ0v) is 75.7. The molecular weight excluding hydrogens is 1570 g/mol. The van der Waals surface area contributed by atoms with Crippen LogP contribution in [0.4, 0.5) is 0 Å². The van der Waals surface area contributed by atoms with Gasteiger partial charge in [-0.15, -0.1) is 0 Å². The smallest absolute Gasteiger partial charge is 0.142 e. The maximum atomic E-state index is 5.62. The Labute approximate surface area is 751 Å². The molecule has 9 heteroatoms. The van der Waals surface area contributed by atoms with Crippen molar-refractivity contribution in [1.29, 1.82) is 0 Å². The van der Waals surface area contributed by atoms with Crippen LogP contribution in [0.5, 0.6) is 0 Å². The minimum Gasteiger partial charge on any atom is -0.309 e. The summed E-state index contributed by atoms with van der Waals surface area (Å²) < 4.78 is 14.2. The lowest BCUT2D eigenvalue weighted by atomic mass is 10.0. The van der Waals surface area contributed by atoms with Gasteiger partial charge >= 0.3 is 0 Å². The molecule has 0 spiro atoms. The van der Waals surface area contributed by atoms with E-state index in [1.807, 2.05) is 0 Å². The van der Waals surface area contributed by atoms with Crippen molar-refractivity contribution in [3.8, 4) is 68.3 Å². The number of nitrogens with zero attached hydrogens (tertiary/aromatic N) is 9. The second-order valence-corrected chi connectivity index (χ2v) is 36.6. The lowest BCUT2D eigenvalue weighted by Crippen LogP contribution is -2.07. The van der Waals surface area contributed by atoms with Gasteiger partial charge in [0.05, 0.1) is 89.0 Å². The normalized spacial score (nSPS) is 11.8. The summed E-state index contributed by atoms with van der Waals surface area (Å²) >= 11 is 0. The molecule has 0 aliphatic rings. The molecule has 0 radical (unpaired) electrons. The molecule has 9 heterocycles. The molecule has 0 bridgehead atoms. The van der Waals surface area contributed by atoms with Gasteiger partial charge < -0.3 is 9.13 Å². The van der Waals surface area contributed by atoms with Crippen molar-refractivity contribution >= 4 is 131 Å². The number of aromatic nitrogens is 9. The van der Waals surface area contributed by atoms with Crippen LogP contribution in [-0.4, -0.2) is 42.4 Å². The SMILES string of the molecule is Cc1ccc(-c2cc(-n3c4ccc(C)cc4c4cc(C)ccc43)cc(-c3ccc(C)cc3)n2)cc1.Cc1ccc(-c2cc(-n3c4ccc(C)cc4c4cc(C)ccc43)nc(-n3c4ccc(C)cc4c4cc(C)ccc43)c2)cc1.Cc1ccc2c(c1)c1cc(C)ccc1n2-c1cc(-n2c3ccc(C)cc3c3cc(C)ccc32)nc(-n2c3ccc(C)cc3c3cc(C)ccc32)c1. The van der Waals surface area contributed by atoms with Crippen molar-refractivity contribution < 1.29 is 0 Å². The molecule has 0 aliphatic carbocycles. The highest BCUT2D eigenvalue weighted by molar-refractivity contribution is 6.15. The summed E-state index contributed by atoms with van der Waals surface area (Å²) in [5.41, 5.74) is 41.6. The molecule has 0 amide bonds. The van der Waals surface area contributed by atoms with E-state index in [-0.39, 0.29) is 0 Å². The average Bonchev–Trinajstić information content (AvgIpc) is 1.57. The van der Waals surface area contributed by atoms with E-state index < -0.39 is 0 Å². The van der Waals surface area contributed by atoms with E-state index in [0.717, 1.165) is 84.8 Å². The molecule has 0 unspecified atom stereocenters. The van der Waals surface area contributed by atoms with Gasteiger partial charge in [0.15, 0.2) is 0 Å². The van der Waals surface area contributed by atoms with E-state index in [2.05, 4.69) is 459 Å². The molecule has 9 aromatic heterocycles. The van der Waals surface area contributed by atoms with Gasteiger partial charge in [0, 0.05) is 87.9 Å². The Morgan fingerprint density at radius 2 is 0.295 bits per heavy atom. The molecule has 0 saturated carbocycles. The fourth-order valence-corrected chi connectivity index (χ4v) is 19.9. The minimum absolute atomic E-state index is 0.888. The van der Waals surface area contributed by atoms with Gasteiger partial charge in [-0.2, -0.15) is 0 Å². The number of rotatable bonds is 9. The molecule has 624 valence electrons.